The molecule has 0 aliphatic rings. The van der Waals surface area contributed by atoms with Crippen molar-refractivity contribution < 1.29 is 14.2 Å². The highest BCUT2D eigenvalue weighted by atomic mass is 16.5. The van der Waals surface area contributed by atoms with E-state index in [1.54, 1.807) is 21.3 Å². The van der Waals surface area contributed by atoms with E-state index in [-0.39, 0.29) is 0 Å². The molecule has 4 aromatic carbocycles. The molecular weight excluding hydrogens is 426 g/mol. The lowest BCUT2D eigenvalue weighted by Crippen LogP contribution is -2.08. The number of nitrogens with zero attached hydrogens (tertiary/aromatic N) is 3. The van der Waals surface area contributed by atoms with Crippen molar-refractivity contribution in [1.29, 1.82) is 0 Å². The van der Waals surface area contributed by atoms with Crippen molar-refractivity contribution in [2.24, 2.45) is 10.2 Å². The summed E-state index contributed by atoms with van der Waals surface area (Å²) in [5.41, 5.74) is 3.88. The van der Waals surface area contributed by atoms with Gasteiger partial charge in [0.15, 0.2) is 0 Å². The fourth-order valence-electron chi connectivity index (χ4n) is 3.02. The largest absolute Gasteiger partial charge is 0.497 e. The van der Waals surface area contributed by atoms with Gasteiger partial charge in [0, 0.05) is 18.4 Å². The molecule has 0 radical (unpaired) electrons. The maximum absolute atomic E-state index is 5.15. The van der Waals surface area contributed by atoms with Crippen LogP contribution in [0.2, 0.25) is 0 Å². The van der Waals surface area contributed by atoms with Gasteiger partial charge in [-0.25, -0.2) is 0 Å². The molecule has 174 valence electrons. The molecule has 0 heterocycles. The highest BCUT2D eigenvalue weighted by Gasteiger charge is 2.04. The van der Waals surface area contributed by atoms with E-state index < -0.39 is 0 Å². The van der Waals surface area contributed by atoms with E-state index in [2.05, 4.69) is 15.1 Å². The number of methoxy groups -OCH3 is 3. The molecule has 0 aromatic heterocycles. The highest BCUT2D eigenvalue weighted by molar-refractivity contribution is 5.63. The first-order chi connectivity index (χ1) is 16.6. The summed E-state index contributed by atoms with van der Waals surface area (Å²) in [4.78, 5) is 2.11. The number of ether oxygens (including phenoxy) is 3. The second-order valence-electron chi connectivity index (χ2n) is 7.19. The molecule has 0 atom stereocenters. The fraction of sp³-hybridized carbons (Fsp3) is 0.143. The van der Waals surface area contributed by atoms with Crippen LogP contribution in [0.15, 0.2) is 113 Å². The van der Waals surface area contributed by atoms with Gasteiger partial charge >= 0.3 is 0 Å². The summed E-state index contributed by atoms with van der Waals surface area (Å²) in [6.45, 7) is 0. The molecule has 0 bridgehead atoms. The fourth-order valence-corrected chi connectivity index (χ4v) is 3.02. The monoisotopic (exact) mass is 455 g/mol. The van der Waals surface area contributed by atoms with E-state index in [1.807, 2.05) is 110 Å². The molecule has 0 saturated carbocycles. The quantitative estimate of drug-likeness (QED) is 0.270. The molecule has 34 heavy (non-hydrogen) atoms. The number of hydrogen-bond donors (Lipinski definition) is 0. The van der Waals surface area contributed by atoms with E-state index in [1.165, 1.54) is 0 Å². The van der Waals surface area contributed by atoms with Crippen molar-refractivity contribution in [2.45, 2.75) is 0 Å². The zero-order valence-electron chi connectivity index (χ0n) is 19.9. The van der Waals surface area contributed by atoms with Crippen LogP contribution < -0.4 is 19.1 Å². The first-order valence-electron chi connectivity index (χ1n) is 10.8. The van der Waals surface area contributed by atoms with Crippen LogP contribution in [0, 0.1) is 0 Å². The first kappa shape index (κ1) is 24.3. The number of anilines is 2. The van der Waals surface area contributed by atoms with E-state index in [0.717, 1.165) is 40.0 Å². The number of azo groups is 1. The van der Waals surface area contributed by atoms with Crippen molar-refractivity contribution in [1.82, 2.24) is 0 Å². The lowest BCUT2D eigenvalue weighted by molar-refractivity contribution is 0.414. The van der Waals surface area contributed by atoms with Crippen LogP contribution >= 0.6 is 0 Å². The first-order valence-corrected chi connectivity index (χ1v) is 10.8. The Morgan fingerprint density at radius 1 is 0.471 bits per heavy atom. The Balaban J connectivity index is 0.000000192. The van der Waals surface area contributed by atoms with Gasteiger partial charge < -0.3 is 19.1 Å². The van der Waals surface area contributed by atoms with Gasteiger partial charge in [0.1, 0.15) is 17.2 Å². The van der Waals surface area contributed by atoms with Crippen LogP contribution in [-0.2, 0) is 0 Å². The summed E-state index contributed by atoms with van der Waals surface area (Å²) < 4.78 is 15.4. The molecule has 4 aromatic rings. The summed E-state index contributed by atoms with van der Waals surface area (Å²) >= 11 is 0. The summed E-state index contributed by atoms with van der Waals surface area (Å²) in [6.07, 6.45) is 0. The van der Waals surface area contributed by atoms with Crippen LogP contribution in [0.5, 0.6) is 17.2 Å². The van der Waals surface area contributed by atoms with Crippen LogP contribution in [-0.4, -0.2) is 28.4 Å². The lowest BCUT2D eigenvalue weighted by atomic mass is 10.2. The van der Waals surface area contributed by atoms with Gasteiger partial charge in [0.2, 0.25) is 0 Å². The lowest BCUT2D eigenvalue weighted by Gasteiger charge is -2.20. The Morgan fingerprint density at radius 3 is 1.21 bits per heavy atom. The van der Waals surface area contributed by atoms with Crippen molar-refractivity contribution in [3.8, 4) is 17.2 Å². The second-order valence-corrected chi connectivity index (χ2v) is 7.19. The summed E-state index contributed by atoms with van der Waals surface area (Å²) in [7, 11) is 7.01. The second kappa shape index (κ2) is 12.6. The Kier molecular flexibility index (Phi) is 9.05. The zero-order chi connectivity index (χ0) is 24.2. The van der Waals surface area contributed by atoms with E-state index in [9.17, 15) is 0 Å². The molecule has 0 N–H and O–H groups in total. The van der Waals surface area contributed by atoms with Crippen LogP contribution in [0.4, 0.5) is 22.7 Å². The Hall–Kier alpha value is -4.32. The SMILES string of the molecule is COc1ccc(N(C)c2ccc(OC)cc2)cc1.COc1ccc(N=Nc2ccccc2)cc1. The van der Waals surface area contributed by atoms with E-state index in [0.29, 0.717) is 0 Å². The van der Waals surface area contributed by atoms with Crippen molar-refractivity contribution in [3.63, 3.8) is 0 Å². The average molecular weight is 456 g/mol. The molecule has 0 unspecified atom stereocenters. The number of rotatable bonds is 7. The Morgan fingerprint density at radius 2 is 0.824 bits per heavy atom. The third-order valence-electron chi connectivity index (χ3n) is 5.03. The molecule has 4 rings (SSSR count). The minimum absolute atomic E-state index is 0.810. The molecule has 6 heteroatoms. The Labute approximate surface area is 201 Å². The molecule has 0 spiro atoms. The van der Waals surface area contributed by atoms with Gasteiger partial charge in [-0.1, -0.05) is 18.2 Å². The molecular formula is C28H29N3O3. The maximum Gasteiger partial charge on any atom is 0.119 e. The zero-order valence-corrected chi connectivity index (χ0v) is 19.9. The van der Waals surface area contributed by atoms with Crippen LogP contribution in [0.3, 0.4) is 0 Å². The number of hydrogen-bond acceptors (Lipinski definition) is 6. The molecule has 0 aliphatic carbocycles. The smallest absolute Gasteiger partial charge is 0.119 e. The minimum atomic E-state index is 0.810. The van der Waals surface area contributed by atoms with Gasteiger partial charge in [-0.15, -0.1) is 0 Å². The Bertz CT molecular complexity index is 1100. The summed E-state index contributed by atoms with van der Waals surface area (Å²) in [6, 6.07) is 33.0. The van der Waals surface area contributed by atoms with Crippen LogP contribution in [0.25, 0.3) is 0 Å². The molecule has 0 saturated heterocycles. The molecule has 0 fully saturated rings. The average Bonchev–Trinajstić information content (AvgIpc) is 2.93. The van der Waals surface area contributed by atoms with Crippen molar-refractivity contribution in [2.75, 3.05) is 33.3 Å². The standard InChI is InChI=1S/C15H17NO2.C13H12N2O/c1-16(12-4-8-14(17-2)9-5-12)13-6-10-15(18-3)11-7-13;1-16-13-9-7-12(8-10-13)15-14-11-5-3-2-4-6-11/h4-11H,1-3H3;2-10H,1H3. The minimum Gasteiger partial charge on any atom is -0.497 e. The van der Waals surface area contributed by atoms with E-state index in [4.69, 9.17) is 14.2 Å². The predicted molar refractivity (Wildman–Crippen MR) is 138 cm³/mol. The van der Waals surface area contributed by atoms with E-state index >= 15 is 0 Å². The molecule has 0 aliphatic heterocycles. The van der Waals surface area contributed by atoms with Gasteiger partial charge in [-0.05, 0) is 84.9 Å². The normalized spacial score (nSPS) is 10.2. The van der Waals surface area contributed by atoms with Crippen LogP contribution in [0.1, 0.15) is 0 Å². The van der Waals surface area contributed by atoms with Gasteiger partial charge in [0.05, 0.1) is 32.7 Å². The predicted octanol–water partition coefficient (Wildman–Crippen LogP) is 7.58. The summed E-state index contributed by atoms with van der Waals surface area (Å²) in [5.74, 6) is 2.54. The van der Waals surface area contributed by atoms with Crippen molar-refractivity contribution in [3.05, 3.63) is 103 Å². The molecule has 0 amide bonds. The van der Waals surface area contributed by atoms with Crippen molar-refractivity contribution >= 4 is 22.7 Å². The highest BCUT2D eigenvalue weighted by Crippen LogP contribution is 2.27. The van der Waals surface area contributed by atoms with Gasteiger partial charge in [0.25, 0.3) is 0 Å². The molecule has 6 nitrogen and oxygen atoms in total. The number of benzene rings is 4. The van der Waals surface area contributed by atoms with Gasteiger partial charge in [-0.3, -0.25) is 0 Å². The topological polar surface area (TPSA) is 55.7 Å². The maximum atomic E-state index is 5.15. The van der Waals surface area contributed by atoms with Gasteiger partial charge in [-0.2, -0.15) is 10.2 Å². The third kappa shape index (κ3) is 7.10. The third-order valence-corrected chi connectivity index (χ3v) is 5.03. The summed E-state index contributed by atoms with van der Waals surface area (Å²) in [5, 5.41) is 8.24.